The average molecular weight is 348 g/mol. The van der Waals surface area contributed by atoms with Crippen molar-refractivity contribution < 1.29 is 19.1 Å². The van der Waals surface area contributed by atoms with Crippen LogP contribution in [0.4, 0.5) is 4.79 Å². The number of nitrogens with zero attached hydrogens (tertiary/aromatic N) is 2. The maximum atomic E-state index is 12.8. The Kier molecular flexibility index (Phi) is 4.91. The van der Waals surface area contributed by atoms with Gasteiger partial charge in [0.15, 0.2) is 0 Å². The summed E-state index contributed by atoms with van der Waals surface area (Å²) in [6.45, 7) is 5.21. The van der Waals surface area contributed by atoms with Crippen molar-refractivity contribution >= 4 is 28.8 Å². The molecule has 128 valence electrons. The highest BCUT2D eigenvalue weighted by atomic mass is 32.2. The number of imide groups is 1. The molecule has 2 saturated heterocycles. The number of amides is 3. The Hall–Kier alpha value is -1.86. The molecule has 0 radical (unpaired) electrons. The fourth-order valence-corrected chi connectivity index (χ4v) is 3.60. The molecule has 0 bridgehead atoms. The zero-order valence-electron chi connectivity index (χ0n) is 13.7. The molecule has 1 aromatic carbocycles. The highest BCUT2D eigenvalue weighted by molar-refractivity contribution is 8.14. The Labute approximate surface area is 145 Å². The van der Waals surface area contributed by atoms with Crippen LogP contribution in [0.15, 0.2) is 24.3 Å². The molecular weight excluding hydrogens is 328 g/mol. The third-order valence-corrected chi connectivity index (χ3v) is 5.08. The number of carbonyl (C=O) groups excluding carboxylic acids is 3. The summed E-state index contributed by atoms with van der Waals surface area (Å²) in [6.07, 6.45) is 0.0187. The summed E-state index contributed by atoms with van der Waals surface area (Å²) in [6, 6.07) is 7.16. The SMILES string of the molecule is C[C@@H]1CN(C(=O)c2cccc(CN3C(=O)CSC3=O)c2)[C@@H](C)CO1. The van der Waals surface area contributed by atoms with Crippen LogP contribution in [0.3, 0.4) is 0 Å². The lowest BCUT2D eigenvalue weighted by Crippen LogP contribution is -2.50. The van der Waals surface area contributed by atoms with Gasteiger partial charge in [-0.25, -0.2) is 0 Å². The van der Waals surface area contributed by atoms with Crippen LogP contribution in [0.5, 0.6) is 0 Å². The van der Waals surface area contributed by atoms with E-state index in [-0.39, 0.29) is 41.5 Å². The molecule has 0 aliphatic carbocycles. The third kappa shape index (κ3) is 3.47. The topological polar surface area (TPSA) is 66.9 Å². The predicted octanol–water partition coefficient (Wildman–Crippen LogP) is 2.13. The van der Waals surface area contributed by atoms with Gasteiger partial charge in [-0.05, 0) is 31.5 Å². The molecule has 7 heteroatoms. The highest BCUT2D eigenvalue weighted by Crippen LogP contribution is 2.22. The van der Waals surface area contributed by atoms with E-state index in [0.29, 0.717) is 18.7 Å². The van der Waals surface area contributed by atoms with Crippen molar-refractivity contribution in [1.29, 1.82) is 0 Å². The summed E-state index contributed by atoms with van der Waals surface area (Å²) in [4.78, 5) is 39.3. The van der Waals surface area contributed by atoms with Crippen molar-refractivity contribution in [2.45, 2.75) is 32.5 Å². The minimum absolute atomic E-state index is 0.0187. The van der Waals surface area contributed by atoms with Crippen LogP contribution in [0.2, 0.25) is 0 Å². The van der Waals surface area contributed by atoms with Gasteiger partial charge in [-0.3, -0.25) is 19.3 Å². The quantitative estimate of drug-likeness (QED) is 0.837. The van der Waals surface area contributed by atoms with Gasteiger partial charge in [-0.1, -0.05) is 23.9 Å². The van der Waals surface area contributed by atoms with E-state index in [1.165, 1.54) is 4.90 Å². The average Bonchev–Trinajstić information content (AvgIpc) is 2.88. The van der Waals surface area contributed by atoms with E-state index in [0.717, 1.165) is 17.3 Å². The highest BCUT2D eigenvalue weighted by Gasteiger charge is 2.31. The molecule has 2 aliphatic heterocycles. The summed E-state index contributed by atoms with van der Waals surface area (Å²) in [7, 11) is 0. The van der Waals surface area contributed by atoms with Crippen molar-refractivity contribution in [3.63, 3.8) is 0 Å². The second-order valence-electron chi connectivity index (χ2n) is 6.19. The standard InChI is InChI=1S/C17H20N2O4S/c1-11-9-23-12(2)7-18(11)16(21)14-5-3-4-13(6-14)8-19-15(20)10-24-17(19)22/h3-6,11-12H,7-10H2,1-2H3/t11-,12+/m0/s1. The molecule has 0 N–H and O–H groups in total. The summed E-state index contributed by atoms with van der Waals surface area (Å²) in [5.41, 5.74) is 1.35. The van der Waals surface area contributed by atoms with Crippen LogP contribution >= 0.6 is 11.8 Å². The molecule has 3 rings (SSSR count). The van der Waals surface area contributed by atoms with Crippen LogP contribution in [0, 0.1) is 0 Å². The molecule has 3 amide bonds. The van der Waals surface area contributed by atoms with Crippen LogP contribution in [-0.2, 0) is 16.1 Å². The molecular formula is C17H20N2O4S. The van der Waals surface area contributed by atoms with Gasteiger partial charge in [0.1, 0.15) is 0 Å². The first kappa shape index (κ1) is 17.0. The van der Waals surface area contributed by atoms with Crippen molar-refractivity contribution in [3.05, 3.63) is 35.4 Å². The van der Waals surface area contributed by atoms with E-state index in [2.05, 4.69) is 0 Å². The van der Waals surface area contributed by atoms with E-state index >= 15 is 0 Å². The molecule has 6 nitrogen and oxygen atoms in total. The maximum absolute atomic E-state index is 12.8. The Morgan fingerprint density at radius 1 is 1.33 bits per heavy atom. The molecule has 2 fully saturated rings. The van der Waals surface area contributed by atoms with Crippen molar-refractivity contribution in [1.82, 2.24) is 9.80 Å². The fourth-order valence-electron chi connectivity index (χ4n) is 2.87. The predicted molar refractivity (Wildman–Crippen MR) is 90.8 cm³/mol. The summed E-state index contributed by atoms with van der Waals surface area (Å²) in [5, 5.41) is -0.229. The largest absolute Gasteiger partial charge is 0.375 e. The summed E-state index contributed by atoms with van der Waals surface area (Å²) < 4.78 is 5.56. The zero-order chi connectivity index (χ0) is 17.3. The smallest absolute Gasteiger partial charge is 0.289 e. The molecule has 2 heterocycles. The first-order valence-corrected chi connectivity index (χ1v) is 8.93. The molecule has 1 aromatic rings. The first-order valence-electron chi connectivity index (χ1n) is 7.94. The molecule has 2 atom stereocenters. The Balaban J connectivity index is 1.76. The normalized spacial score (nSPS) is 24.6. The van der Waals surface area contributed by atoms with Gasteiger partial charge < -0.3 is 9.64 Å². The molecule has 0 aromatic heterocycles. The van der Waals surface area contributed by atoms with Gasteiger partial charge in [-0.2, -0.15) is 0 Å². The monoisotopic (exact) mass is 348 g/mol. The zero-order valence-corrected chi connectivity index (χ0v) is 14.5. The Morgan fingerprint density at radius 2 is 2.12 bits per heavy atom. The van der Waals surface area contributed by atoms with E-state index < -0.39 is 0 Å². The van der Waals surface area contributed by atoms with Gasteiger partial charge >= 0.3 is 0 Å². The van der Waals surface area contributed by atoms with Gasteiger partial charge in [-0.15, -0.1) is 0 Å². The first-order chi connectivity index (χ1) is 11.5. The van der Waals surface area contributed by atoms with Crippen LogP contribution in [-0.4, -0.2) is 57.9 Å². The molecule has 2 aliphatic rings. The lowest BCUT2D eigenvalue weighted by molar-refractivity contribution is -0.125. The lowest BCUT2D eigenvalue weighted by Gasteiger charge is -2.36. The van der Waals surface area contributed by atoms with Crippen molar-refractivity contribution in [2.24, 2.45) is 0 Å². The number of rotatable bonds is 3. The van der Waals surface area contributed by atoms with Gasteiger partial charge in [0.25, 0.3) is 11.1 Å². The van der Waals surface area contributed by atoms with Gasteiger partial charge in [0.2, 0.25) is 5.91 Å². The number of thioether (sulfide) groups is 1. The number of carbonyl (C=O) groups is 3. The minimum atomic E-state index is -0.229. The van der Waals surface area contributed by atoms with Gasteiger partial charge in [0.05, 0.1) is 31.1 Å². The molecule has 0 unspecified atom stereocenters. The maximum Gasteiger partial charge on any atom is 0.289 e. The lowest BCUT2D eigenvalue weighted by atomic mass is 10.1. The molecule has 24 heavy (non-hydrogen) atoms. The van der Waals surface area contributed by atoms with E-state index in [4.69, 9.17) is 4.74 Å². The number of hydrogen-bond donors (Lipinski definition) is 0. The summed E-state index contributed by atoms with van der Waals surface area (Å²) >= 11 is 1.01. The van der Waals surface area contributed by atoms with E-state index in [1.54, 1.807) is 18.2 Å². The van der Waals surface area contributed by atoms with Crippen LogP contribution in [0.1, 0.15) is 29.8 Å². The molecule has 0 saturated carbocycles. The summed E-state index contributed by atoms with van der Waals surface area (Å²) in [5.74, 6) is -0.0361. The second-order valence-corrected chi connectivity index (χ2v) is 7.11. The van der Waals surface area contributed by atoms with Crippen molar-refractivity contribution in [3.8, 4) is 0 Å². The number of hydrogen-bond acceptors (Lipinski definition) is 5. The fraction of sp³-hybridized carbons (Fsp3) is 0.471. The number of benzene rings is 1. The van der Waals surface area contributed by atoms with E-state index in [1.807, 2.05) is 24.8 Å². The second kappa shape index (κ2) is 6.94. The number of ether oxygens (including phenoxy) is 1. The Morgan fingerprint density at radius 3 is 2.83 bits per heavy atom. The number of morpholine rings is 1. The van der Waals surface area contributed by atoms with Crippen molar-refractivity contribution in [2.75, 3.05) is 18.9 Å². The molecule has 0 spiro atoms. The third-order valence-electron chi connectivity index (χ3n) is 4.22. The van der Waals surface area contributed by atoms with Gasteiger partial charge in [0, 0.05) is 12.1 Å². The van der Waals surface area contributed by atoms with Crippen LogP contribution in [0.25, 0.3) is 0 Å². The van der Waals surface area contributed by atoms with Crippen LogP contribution < -0.4 is 0 Å². The minimum Gasteiger partial charge on any atom is -0.375 e. The van der Waals surface area contributed by atoms with E-state index in [9.17, 15) is 14.4 Å². The Bertz CT molecular complexity index is 662.